The van der Waals surface area contributed by atoms with Crippen LogP contribution in [0.3, 0.4) is 0 Å². The molecule has 7 N–H and O–H groups in total. The lowest BCUT2D eigenvalue weighted by molar-refractivity contribution is -0.0980. The summed E-state index contributed by atoms with van der Waals surface area (Å²) in [7, 11) is -4.61. The van der Waals surface area contributed by atoms with E-state index in [1.165, 1.54) is 0 Å². The molecule has 2 amide bonds. The molecular formula is C6H18N2O6Si. The summed E-state index contributed by atoms with van der Waals surface area (Å²) in [5, 5.41) is 2.49. The monoisotopic (exact) mass is 242 g/mol. The van der Waals surface area contributed by atoms with Crippen LogP contribution in [-0.2, 0) is 4.79 Å². The van der Waals surface area contributed by atoms with Gasteiger partial charge >= 0.3 is 15.1 Å². The summed E-state index contributed by atoms with van der Waals surface area (Å²) in [6.07, 6.45) is 2.09. The maximum absolute atomic E-state index is 9.99. The highest BCUT2D eigenvalue weighted by Crippen LogP contribution is 1.80. The second-order valence-corrected chi connectivity index (χ2v) is 3.44. The van der Waals surface area contributed by atoms with Crippen LogP contribution in [0.2, 0.25) is 0 Å². The van der Waals surface area contributed by atoms with Crippen LogP contribution in [0.25, 0.3) is 0 Å². The van der Waals surface area contributed by atoms with Gasteiger partial charge in [-0.1, -0.05) is 13.3 Å². The van der Waals surface area contributed by atoms with Crippen LogP contribution in [0.4, 0.5) is 4.79 Å². The maximum atomic E-state index is 9.99. The molecule has 9 heteroatoms. The van der Waals surface area contributed by atoms with Gasteiger partial charge in [0.25, 0.3) is 0 Å². The second kappa shape index (κ2) is 13.0. The van der Waals surface area contributed by atoms with Crippen LogP contribution in [-0.4, -0.2) is 47.6 Å². The van der Waals surface area contributed by atoms with Gasteiger partial charge in [-0.25, -0.2) is 4.79 Å². The predicted octanol–water partition coefficient (Wildman–Crippen LogP) is -2.34. The van der Waals surface area contributed by atoms with Gasteiger partial charge in [0.15, 0.2) is 0 Å². The van der Waals surface area contributed by atoms with Crippen molar-refractivity contribution in [2.24, 2.45) is 5.73 Å². The molecule has 0 unspecified atom stereocenters. The van der Waals surface area contributed by atoms with Gasteiger partial charge in [0, 0.05) is 6.54 Å². The Hall–Kier alpha value is -1.00. The molecule has 0 aliphatic carbocycles. The first-order chi connectivity index (χ1) is 6.77. The number of rotatable bonds is 3. The quantitative estimate of drug-likeness (QED) is 0.241. The molecule has 0 aromatic carbocycles. The van der Waals surface area contributed by atoms with Crippen molar-refractivity contribution in [1.29, 1.82) is 0 Å². The minimum atomic E-state index is -4.61. The molecule has 0 saturated heterocycles. The molecule has 0 atom stereocenters. The lowest BCUT2D eigenvalue weighted by Crippen LogP contribution is -2.33. The van der Waals surface area contributed by atoms with E-state index in [2.05, 4.69) is 12.2 Å². The summed E-state index contributed by atoms with van der Waals surface area (Å²) in [4.78, 5) is 47.3. The highest BCUT2D eigenvalue weighted by molar-refractivity contribution is 6.46. The van der Waals surface area contributed by atoms with Gasteiger partial charge in [0.2, 0.25) is 0 Å². The topological polar surface area (TPSA) is 153 Å². The van der Waals surface area contributed by atoms with Gasteiger partial charge in [-0.15, -0.1) is 0 Å². The molecule has 0 fully saturated rings. The first-order valence-corrected chi connectivity index (χ1v) is 5.78. The van der Waals surface area contributed by atoms with E-state index in [1.807, 2.05) is 6.79 Å². The zero-order valence-corrected chi connectivity index (χ0v) is 9.51. The van der Waals surface area contributed by atoms with Crippen molar-refractivity contribution in [3.05, 3.63) is 0 Å². The standard InChI is InChI=1S/C5H12N2O.CH2O.H4O4Si/c1-2-3-4-7-5(6)8;1-2;1-5(2,3)4/h2-4H2,1H3,(H3,6,7,8);1H2;1-4H. The average Bonchev–Trinajstić information content (AvgIpc) is 2.05. The summed E-state index contributed by atoms with van der Waals surface area (Å²) >= 11 is 0. The van der Waals surface area contributed by atoms with E-state index in [1.54, 1.807) is 0 Å². The zero-order valence-electron chi connectivity index (χ0n) is 8.51. The molecular weight excluding hydrogens is 224 g/mol. The van der Waals surface area contributed by atoms with Crippen LogP contribution in [0.1, 0.15) is 19.8 Å². The van der Waals surface area contributed by atoms with E-state index in [0.29, 0.717) is 6.54 Å². The molecule has 0 aromatic heterocycles. The van der Waals surface area contributed by atoms with Crippen molar-refractivity contribution in [3.8, 4) is 0 Å². The number of urea groups is 1. The van der Waals surface area contributed by atoms with Crippen molar-refractivity contribution < 1.29 is 28.8 Å². The molecule has 0 bridgehead atoms. The summed E-state index contributed by atoms with van der Waals surface area (Å²) in [5.41, 5.74) is 4.78. The smallest absolute Gasteiger partial charge is 0.368 e. The van der Waals surface area contributed by atoms with Gasteiger partial charge in [-0.05, 0) is 6.42 Å². The molecule has 0 spiro atoms. The van der Waals surface area contributed by atoms with E-state index in [4.69, 9.17) is 29.7 Å². The number of nitrogens with one attached hydrogen (secondary N) is 1. The minimum Gasteiger partial charge on any atom is -0.368 e. The minimum absolute atomic E-state index is 0.432. The molecule has 0 saturated carbocycles. The highest BCUT2D eigenvalue weighted by atomic mass is 28.4. The molecule has 0 aromatic rings. The Morgan fingerprint density at radius 3 is 1.87 bits per heavy atom. The van der Waals surface area contributed by atoms with Gasteiger partial charge in [-0.2, -0.15) is 0 Å². The van der Waals surface area contributed by atoms with Gasteiger partial charge in [0.1, 0.15) is 6.79 Å². The normalized spacial score (nSPS) is 8.87. The van der Waals surface area contributed by atoms with Crippen molar-refractivity contribution >= 4 is 21.9 Å². The number of unbranched alkanes of at least 4 members (excludes halogenated alkanes) is 1. The van der Waals surface area contributed by atoms with Crippen LogP contribution in [0, 0.1) is 0 Å². The highest BCUT2D eigenvalue weighted by Gasteiger charge is 2.22. The fourth-order valence-corrected chi connectivity index (χ4v) is 0.388. The zero-order chi connectivity index (χ0) is 12.9. The van der Waals surface area contributed by atoms with Crippen molar-refractivity contribution in [2.75, 3.05) is 6.54 Å². The molecule has 0 rings (SSSR count). The molecule has 0 aliphatic rings. The summed E-state index contributed by atoms with van der Waals surface area (Å²) < 4.78 is 0. The molecule has 0 radical (unpaired) electrons. The Kier molecular flexibility index (Phi) is 16.9. The molecule has 0 heterocycles. The fraction of sp³-hybridized carbons (Fsp3) is 0.667. The largest absolute Gasteiger partial charge is 0.668 e. The number of hydrogen-bond acceptors (Lipinski definition) is 6. The van der Waals surface area contributed by atoms with E-state index < -0.39 is 15.1 Å². The maximum Gasteiger partial charge on any atom is 0.668 e. The van der Waals surface area contributed by atoms with E-state index in [9.17, 15) is 4.79 Å². The van der Waals surface area contributed by atoms with Crippen molar-refractivity contribution in [3.63, 3.8) is 0 Å². The Labute approximate surface area is 88.8 Å². The average molecular weight is 242 g/mol. The number of amides is 2. The van der Waals surface area contributed by atoms with Crippen molar-refractivity contribution in [1.82, 2.24) is 5.32 Å². The lowest BCUT2D eigenvalue weighted by atomic mass is 10.3. The molecule has 0 aliphatic heterocycles. The Bertz CT molecular complexity index is 145. The summed E-state index contributed by atoms with van der Waals surface area (Å²) in [5.74, 6) is 0. The van der Waals surface area contributed by atoms with Crippen LogP contribution >= 0.6 is 0 Å². The van der Waals surface area contributed by atoms with Gasteiger partial charge < -0.3 is 35.0 Å². The Morgan fingerprint density at radius 2 is 1.67 bits per heavy atom. The van der Waals surface area contributed by atoms with E-state index in [-0.39, 0.29) is 0 Å². The van der Waals surface area contributed by atoms with Gasteiger partial charge in [0.05, 0.1) is 0 Å². The number of primary amides is 1. The predicted molar refractivity (Wildman–Crippen MR) is 54.2 cm³/mol. The number of carbonyl (C=O) groups excluding carboxylic acids is 2. The first kappa shape index (κ1) is 19.6. The lowest BCUT2D eigenvalue weighted by Gasteiger charge is -1.96. The first-order valence-electron chi connectivity index (χ1n) is 3.99. The Morgan fingerprint density at radius 1 is 1.33 bits per heavy atom. The van der Waals surface area contributed by atoms with Crippen LogP contribution < -0.4 is 11.1 Å². The van der Waals surface area contributed by atoms with Gasteiger partial charge in [-0.3, -0.25) is 0 Å². The van der Waals surface area contributed by atoms with Crippen LogP contribution in [0.5, 0.6) is 0 Å². The number of hydrogen-bond donors (Lipinski definition) is 6. The number of nitrogens with two attached hydrogens (primary N) is 1. The Balaban J connectivity index is -0.000000177. The third-order valence-corrected chi connectivity index (χ3v) is 0.830. The molecule has 8 nitrogen and oxygen atoms in total. The van der Waals surface area contributed by atoms with Crippen LogP contribution in [0.15, 0.2) is 0 Å². The molecule has 92 valence electrons. The summed E-state index contributed by atoms with van der Waals surface area (Å²) in [6.45, 7) is 4.76. The third-order valence-electron chi connectivity index (χ3n) is 0.830. The number of carbonyl (C=O) groups is 2. The SMILES string of the molecule is C=O.CCCCNC(N)=O.O[Si](O)(O)O. The fourth-order valence-electron chi connectivity index (χ4n) is 0.388. The molecule has 15 heavy (non-hydrogen) atoms. The van der Waals surface area contributed by atoms with Crippen molar-refractivity contribution in [2.45, 2.75) is 19.8 Å². The second-order valence-electron chi connectivity index (χ2n) is 2.24. The van der Waals surface area contributed by atoms with E-state index in [0.717, 1.165) is 12.8 Å². The third kappa shape index (κ3) is 98.4. The summed E-state index contributed by atoms with van der Waals surface area (Å²) in [6, 6.07) is -0.432. The van der Waals surface area contributed by atoms with E-state index >= 15 is 0 Å².